The van der Waals surface area contributed by atoms with Crippen molar-refractivity contribution in [1.82, 2.24) is 0 Å². The maximum atomic E-state index is 6.03. The molecule has 0 aliphatic heterocycles. The van der Waals surface area contributed by atoms with Crippen LogP contribution in [0.3, 0.4) is 0 Å². The Kier molecular flexibility index (Phi) is 2.05. The van der Waals surface area contributed by atoms with Crippen molar-refractivity contribution in [2.24, 2.45) is 11.7 Å². The Bertz CT molecular complexity index is 211. The van der Waals surface area contributed by atoms with Crippen LogP contribution in [0, 0.1) is 5.92 Å². The van der Waals surface area contributed by atoms with E-state index >= 15 is 0 Å². The van der Waals surface area contributed by atoms with Gasteiger partial charge in [-0.25, -0.2) is 0 Å². The fourth-order valence-corrected chi connectivity index (χ4v) is 0.870. The molecule has 0 aliphatic rings. The van der Waals surface area contributed by atoms with Crippen molar-refractivity contribution in [1.29, 1.82) is 0 Å². The smallest absolute Gasteiger partial charge is 0.123 e. The zero-order valence-corrected chi connectivity index (χ0v) is 7.29. The van der Waals surface area contributed by atoms with E-state index in [1.165, 1.54) is 0 Å². The van der Waals surface area contributed by atoms with Gasteiger partial charge in [0.1, 0.15) is 5.76 Å². The van der Waals surface area contributed by atoms with E-state index in [4.69, 9.17) is 10.2 Å². The minimum atomic E-state index is -0.344. The van der Waals surface area contributed by atoms with E-state index in [9.17, 15) is 0 Å². The Morgan fingerprint density at radius 2 is 2.18 bits per heavy atom. The predicted molar refractivity (Wildman–Crippen MR) is 45.1 cm³/mol. The van der Waals surface area contributed by atoms with Crippen molar-refractivity contribution in [2.75, 3.05) is 0 Å². The van der Waals surface area contributed by atoms with Crippen LogP contribution < -0.4 is 5.73 Å². The lowest BCUT2D eigenvalue weighted by Gasteiger charge is -2.26. The first-order chi connectivity index (χ1) is 5.05. The van der Waals surface area contributed by atoms with Gasteiger partial charge in [0.25, 0.3) is 0 Å². The SMILES string of the molecule is CC(C)[C@@](C)(N)c1ccco1. The summed E-state index contributed by atoms with van der Waals surface area (Å²) >= 11 is 0. The number of hydrogen-bond acceptors (Lipinski definition) is 2. The van der Waals surface area contributed by atoms with Gasteiger partial charge in [-0.3, -0.25) is 0 Å². The molecule has 2 nitrogen and oxygen atoms in total. The molecule has 1 aromatic rings. The summed E-state index contributed by atoms with van der Waals surface area (Å²) in [4.78, 5) is 0. The van der Waals surface area contributed by atoms with Crippen LogP contribution in [0.5, 0.6) is 0 Å². The van der Waals surface area contributed by atoms with Crippen LogP contribution in [0.1, 0.15) is 26.5 Å². The Morgan fingerprint density at radius 1 is 1.55 bits per heavy atom. The van der Waals surface area contributed by atoms with Gasteiger partial charge in [0.05, 0.1) is 11.8 Å². The van der Waals surface area contributed by atoms with Gasteiger partial charge in [-0.15, -0.1) is 0 Å². The lowest BCUT2D eigenvalue weighted by Crippen LogP contribution is -2.38. The van der Waals surface area contributed by atoms with Crippen molar-refractivity contribution in [3.63, 3.8) is 0 Å². The normalized spacial score (nSPS) is 16.8. The van der Waals surface area contributed by atoms with Gasteiger partial charge in [0, 0.05) is 0 Å². The Labute approximate surface area is 67.4 Å². The van der Waals surface area contributed by atoms with Crippen LogP contribution in [-0.4, -0.2) is 0 Å². The van der Waals surface area contributed by atoms with E-state index in [1.807, 2.05) is 19.1 Å². The third-order valence-corrected chi connectivity index (χ3v) is 2.25. The van der Waals surface area contributed by atoms with Gasteiger partial charge in [-0.05, 0) is 25.0 Å². The van der Waals surface area contributed by atoms with Crippen LogP contribution in [0.25, 0.3) is 0 Å². The molecule has 0 saturated heterocycles. The van der Waals surface area contributed by atoms with Crippen molar-refractivity contribution in [3.05, 3.63) is 24.2 Å². The van der Waals surface area contributed by atoms with Crippen molar-refractivity contribution >= 4 is 0 Å². The van der Waals surface area contributed by atoms with Crippen LogP contribution in [0.2, 0.25) is 0 Å². The molecule has 1 aromatic heterocycles. The second-order valence-electron chi connectivity index (χ2n) is 3.41. The summed E-state index contributed by atoms with van der Waals surface area (Å²) in [5, 5.41) is 0. The first-order valence-corrected chi connectivity index (χ1v) is 3.88. The van der Waals surface area contributed by atoms with E-state index < -0.39 is 0 Å². The molecule has 0 saturated carbocycles. The van der Waals surface area contributed by atoms with Crippen LogP contribution in [0.15, 0.2) is 22.8 Å². The van der Waals surface area contributed by atoms with Gasteiger partial charge in [-0.2, -0.15) is 0 Å². The van der Waals surface area contributed by atoms with E-state index in [0.29, 0.717) is 5.92 Å². The highest BCUT2D eigenvalue weighted by Crippen LogP contribution is 2.25. The second-order valence-corrected chi connectivity index (χ2v) is 3.41. The molecule has 0 unspecified atom stereocenters. The van der Waals surface area contributed by atoms with Crippen LogP contribution >= 0.6 is 0 Å². The molecule has 1 heterocycles. The van der Waals surface area contributed by atoms with E-state index in [0.717, 1.165) is 5.76 Å². The van der Waals surface area contributed by atoms with E-state index in [2.05, 4.69) is 13.8 Å². The molecule has 0 spiro atoms. The fourth-order valence-electron chi connectivity index (χ4n) is 0.870. The molecule has 2 heteroatoms. The molecule has 1 atom stereocenters. The van der Waals surface area contributed by atoms with Crippen molar-refractivity contribution < 1.29 is 4.42 Å². The second kappa shape index (κ2) is 2.70. The first-order valence-electron chi connectivity index (χ1n) is 3.88. The summed E-state index contributed by atoms with van der Waals surface area (Å²) in [6, 6.07) is 3.78. The monoisotopic (exact) mass is 153 g/mol. The number of hydrogen-bond donors (Lipinski definition) is 1. The molecule has 0 bridgehead atoms. The van der Waals surface area contributed by atoms with Crippen LogP contribution in [0.4, 0.5) is 0 Å². The lowest BCUT2D eigenvalue weighted by molar-refractivity contribution is 0.283. The maximum absolute atomic E-state index is 6.03. The minimum Gasteiger partial charge on any atom is -0.467 e. The highest BCUT2D eigenvalue weighted by molar-refractivity contribution is 5.10. The molecule has 0 radical (unpaired) electrons. The maximum Gasteiger partial charge on any atom is 0.123 e. The Balaban J connectivity index is 2.90. The standard InChI is InChI=1S/C9H15NO/c1-7(2)9(3,10)8-5-4-6-11-8/h4-7H,10H2,1-3H3/t9-/m1/s1. The van der Waals surface area contributed by atoms with E-state index in [-0.39, 0.29) is 5.54 Å². The fraction of sp³-hybridized carbons (Fsp3) is 0.556. The summed E-state index contributed by atoms with van der Waals surface area (Å²) in [5.74, 6) is 1.24. The molecule has 11 heavy (non-hydrogen) atoms. The van der Waals surface area contributed by atoms with Gasteiger partial charge >= 0.3 is 0 Å². The number of furan rings is 1. The van der Waals surface area contributed by atoms with Gasteiger partial charge in [0.15, 0.2) is 0 Å². The zero-order chi connectivity index (χ0) is 8.48. The third kappa shape index (κ3) is 1.46. The highest BCUT2D eigenvalue weighted by Gasteiger charge is 2.27. The average Bonchev–Trinajstić information content (AvgIpc) is 2.37. The van der Waals surface area contributed by atoms with Crippen molar-refractivity contribution in [3.8, 4) is 0 Å². The summed E-state index contributed by atoms with van der Waals surface area (Å²) in [6.45, 7) is 6.15. The lowest BCUT2D eigenvalue weighted by atomic mass is 9.87. The summed E-state index contributed by atoms with van der Waals surface area (Å²) in [7, 11) is 0. The Hall–Kier alpha value is -0.760. The Morgan fingerprint density at radius 3 is 2.55 bits per heavy atom. The molecule has 0 aliphatic carbocycles. The molecule has 0 fully saturated rings. The van der Waals surface area contributed by atoms with Gasteiger partial charge in [-0.1, -0.05) is 13.8 Å². The molecular weight excluding hydrogens is 138 g/mol. The predicted octanol–water partition coefficient (Wildman–Crippen LogP) is 2.11. The highest BCUT2D eigenvalue weighted by atomic mass is 16.3. The topological polar surface area (TPSA) is 39.2 Å². The number of nitrogens with two attached hydrogens (primary N) is 1. The first kappa shape index (κ1) is 8.34. The third-order valence-electron chi connectivity index (χ3n) is 2.25. The summed E-state index contributed by atoms with van der Waals surface area (Å²) in [6.07, 6.45) is 1.66. The summed E-state index contributed by atoms with van der Waals surface area (Å²) in [5.41, 5.74) is 5.69. The molecule has 1 rings (SSSR count). The minimum absolute atomic E-state index is 0.344. The summed E-state index contributed by atoms with van der Waals surface area (Å²) < 4.78 is 5.23. The number of rotatable bonds is 2. The molecular formula is C9H15NO. The van der Waals surface area contributed by atoms with E-state index in [1.54, 1.807) is 6.26 Å². The average molecular weight is 153 g/mol. The quantitative estimate of drug-likeness (QED) is 0.706. The molecule has 62 valence electrons. The van der Waals surface area contributed by atoms with Gasteiger partial charge < -0.3 is 10.2 Å². The molecule has 2 N–H and O–H groups in total. The molecule has 0 aromatic carbocycles. The van der Waals surface area contributed by atoms with Crippen molar-refractivity contribution in [2.45, 2.75) is 26.3 Å². The largest absolute Gasteiger partial charge is 0.467 e. The van der Waals surface area contributed by atoms with Gasteiger partial charge in [0.2, 0.25) is 0 Å². The molecule has 0 amide bonds. The zero-order valence-electron chi connectivity index (χ0n) is 7.29. The van der Waals surface area contributed by atoms with Crippen LogP contribution in [-0.2, 0) is 5.54 Å².